The zero-order valence-corrected chi connectivity index (χ0v) is 19.3. The van der Waals surface area contributed by atoms with Crippen LogP contribution in [-0.2, 0) is 16.0 Å². The summed E-state index contributed by atoms with van der Waals surface area (Å²) in [7, 11) is 1.55. The Bertz CT molecular complexity index is 1300. The van der Waals surface area contributed by atoms with E-state index in [0.717, 1.165) is 5.56 Å². The van der Waals surface area contributed by atoms with E-state index in [2.05, 4.69) is 0 Å². The third kappa shape index (κ3) is 4.33. The quantitative estimate of drug-likeness (QED) is 0.544. The number of amides is 1. The normalized spacial score (nSPS) is 17.0. The van der Waals surface area contributed by atoms with Gasteiger partial charge >= 0.3 is 0 Å². The van der Waals surface area contributed by atoms with Crippen LogP contribution < -0.4 is 19.1 Å². The van der Waals surface area contributed by atoms with Crippen LogP contribution in [0, 0.1) is 0 Å². The lowest BCUT2D eigenvalue weighted by atomic mass is 9.93. The van der Waals surface area contributed by atoms with Crippen LogP contribution in [0.15, 0.2) is 84.1 Å². The Balaban J connectivity index is 1.54. The molecule has 1 amide bonds. The molecule has 3 aromatic rings. The smallest absolute Gasteiger partial charge is 0.294 e. The Morgan fingerprint density at radius 2 is 1.77 bits per heavy atom. The Kier molecular flexibility index (Phi) is 6.14. The monoisotopic (exact) mass is 471 g/mol. The number of rotatable bonds is 7. The van der Waals surface area contributed by atoms with E-state index in [1.807, 2.05) is 36.4 Å². The van der Waals surface area contributed by atoms with Crippen LogP contribution in [0.2, 0.25) is 0 Å². The number of aliphatic hydroxyl groups is 1. The molecule has 0 aliphatic carbocycles. The first-order valence-corrected chi connectivity index (χ1v) is 11.4. The molecule has 2 heterocycles. The molecule has 1 atom stereocenters. The molecule has 0 spiro atoms. The largest absolute Gasteiger partial charge is 0.503 e. The van der Waals surface area contributed by atoms with Crippen molar-refractivity contribution in [1.29, 1.82) is 0 Å². The maximum absolute atomic E-state index is 13.4. The van der Waals surface area contributed by atoms with Gasteiger partial charge in [0.1, 0.15) is 19.0 Å². The van der Waals surface area contributed by atoms with E-state index >= 15 is 0 Å². The summed E-state index contributed by atoms with van der Waals surface area (Å²) in [6.07, 6.45) is 0.658. The maximum atomic E-state index is 13.4. The van der Waals surface area contributed by atoms with Crippen molar-refractivity contribution in [2.24, 2.45) is 0 Å². The number of fused-ring (bicyclic) bond motifs is 1. The second-order valence-electron chi connectivity index (χ2n) is 8.35. The van der Waals surface area contributed by atoms with Crippen LogP contribution in [-0.4, -0.2) is 37.1 Å². The Morgan fingerprint density at radius 1 is 1.00 bits per heavy atom. The van der Waals surface area contributed by atoms with E-state index in [9.17, 15) is 14.7 Å². The number of ketones is 1. The molecule has 0 saturated carbocycles. The first kappa shape index (κ1) is 22.5. The Hall–Kier alpha value is -4.26. The van der Waals surface area contributed by atoms with Gasteiger partial charge in [0.25, 0.3) is 5.91 Å². The molecule has 2 aliphatic rings. The van der Waals surface area contributed by atoms with Gasteiger partial charge in [-0.3, -0.25) is 14.5 Å². The molecule has 7 heteroatoms. The summed E-state index contributed by atoms with van der Waals surface area (Å²) in [4.78, 5) is 28.2. The molecular formula is C28H25NO6. The molecule has 178 valence electrons. The second-order valence-corrected chi connectivity index (χ2v) is 8.35. The summed E-state index contributed by atoms with van der Waals surface area (Å²) < 4.78 is 16.7. The predicted molar refractivity (Wildman–Crippen MR) is 130 cm³/mol. The SMILES string of the molecule is COc1cccc(C2C(C(=O)CCc3ccccc3)=C(O)C(=O)N2c2ccc3c(c2)OCCO3)c1. The average molecular weight is 472 g/mol. The molecular weight excluding hydrogens is 446 g/mol. The lowest BCUT2D eigenvalue weighted by Gasteiger charge is -2.28. The Morgan fingerprint density at radius 3 is 2.54 bits per heavy atom. The molecule has 1 unspecified atom stereocenters. The van der Waals surface area contributed by atoms with Crippen LogP contribution in [0.1, 0.15) is 23.6 Å². The highest BCUT2D eigenvalue weighted by Crippen LogP contribution is 2.44. The van der Waals surface area contributed by atoms with Crippen LogP contribution in [0.3, 0.4) is 0 Å². The van der Waals surface area contributed by atoms with E-state index in [0.29, 0.717) is 48.1 Å². The highest BCUT2D eigenvalue weighted by atomic mass is 16.6. The van der Waals surface area contributed by atoms with Gasteiger partial charge in [0.05, 0.1) is 18.7 Å². The molecule has 0 bridgehead atoms. The van der Waals surface area contributed by atoms with Gasteiger partial charge in [-0.1, -0.05) is 42.5 Å². The summed E-state index contributed by atoms with van der Waals surface area (Å²) >= 11 is 0. The number of hydrogen-bond donors (Lipinski definition) is 1. The molecule has 0 saturated heterocycles. The summed E-state index contributed by atoms with van der Waals surface area (Å²) in [5.41, 5.74) is 2.23. The van der Waals surface area contributed by atoms with Gasteiger partial charge in [-0.25, -0.2) is 0 Å². The first-order chi connectivity index (χ1) is 17.1. The van der Waals surface area contributed by atoms with Crippen LogP contribution >= 0.6 is 0 Å². The maximum Gasteiger partial charge on any atom is 0.294 e. The fourth-order valence-corrected chi connectivity index (χ4v) is 4.50. The molecule has 5 rings (SSSR count). The van der Waals surface area contributed by atoms with Gasteiger partial charge in [0, 0.05) is 18.2 Å². The van der Waals surface area contributed by atoms with Gasteiger partial charge in [0.15, 0.2) is 23.0 Å². The number of carbonyl (C=O) groups is 2. The number of anilines is 1. The van der Waals surface area contributed by atoms with Crippen molar-refractivity contribution in [2.75, 3.05) is 25.2 Å². The van der Waals surface area contributed by atoms with E-state index in [4.69, 9.17) is 14.2 Å². The highest BCUT2D eigenvalue weighted by Gasteiger charge is 2.44. The van der Waals surface area contributed by atoms with Crippen LogP contribution in [0.25, 0.3) is 0 Å². The lowest BCUT2D eigenvalue weighted by Crippen LogP contribution is -2.31. The van der Waals surface area contributed by atoms with Gasteiger partial charge in [-0.15, -0.1) is 0 Å². The van der Waals surface area contributed by atoms with Crippen molar-refractivity contribution in [1.82, 2.24) is 0 Å². The number of nitrogens with zero attached hydrogens (tertiary/aromatic N) is 1. The minimum absolute atomic E-state index is 0.0778. The number of aryl methyl sites for hydroxylation is 1. The van der Waals surface area contributed by atoms with E-state index in [-0.39, 0.29) is 17.8 Å². The first-order valence-electron chi connectivity index (χ1n) is 11.4. The summed E-state index contributed by atoms with van der Waals surface area (Å²) in [5.74, 6) is 0.214. The van der Waals surface area contributed by atoms with E-state index < -0.39 is 17.7 Å². The topological polar surface area (TPSA) is 85.3 Å². The zero-order valence-electron chi connectivity index (χ0n) is 19.3. The molecule has 7 nitrogen and oxygen atoms in total. The van der Waals surface area contributed by atoms with Crippen molar-refractivity contribution in [3.8, 4) is 17.2 Å². The number of carbonyl (C=O) groups excluding carboxylic acids is 2. The van der Waals surface area contributed by atoms with Crippen molar-refractivity contribution in [3.05, 3.63) is 95.3 Å². The minimum Gasteiger partial charge on any atom is -0.503 e. The number of ether oxygens (including phenoxy) is 3. The fraction of sp³-hybridized carbons (Fsp3) is 0.214. The van der Waals surface area contributed by atoms with Crippen LogP contribution in [0.4, 0.5) is 5.69 Å². The standard InChI is InChI=1S/C28H25NO6/c1-33-21-9-5-8-19(16-21)26-25(22(30)12-10-18-6-3-2-4-7-18)27(31)28(32)29(26)20-11-13-23-24(17-20)35-15-14-34-23/h2-9,11,13,16-17,26,31H,10,12,14-15H2,1H3. The Labute approximate surface area is 203 Å². The third-order valence-electron chi connectivity index (χ3n) is 6.21. The third-order valence-corrected chi connectivity index (χ3v) is 6.21. The highest BCUT2D eigenvalue weighted by molar-refractivity contribution is 6.16. The number of hydrogen-bond acceptors (Lipinski definition) is 6. The zero-order chi connectivity index (χ0) is 24.4. The van der Waals surface area contributed by atoms with Gasteiger partial charge in [-0.05, 0) is 41.8 Å². The minimum atomic E-state index is -0.816. The van der Waals surface area contributed by atoms with Crippen LogP contribution in [0.5, 0.6) is 17.2 Å². The molecule has 3 aromatic carbocycles. The van der Waals surface area contributed by atoms with E-state index in [1.54, 1.807) is 43.5 Å². The van der Waals surface area contributed by atoms with Crippen molar-refractivity contribution >= 4 is 17.4 Å². The second kappa shape index (κ2) is 9.54. The number of benzene rings is 3. The summed E-state index contributed by atoms with van der Waals surface area (Å²) in [6.45, 7) is 0.847. The van der Waals surface area contributed by atoms with Crippen molar-refractivity contribution in [3.63, 3.8) is 0 Å². The van der Waals surface area contributed by atoms with Crippen molar-refractivity contribution < 1.29 is 28.9 Å². The van der Waals surface area contributed by atoms with Gasteiger partial charge in [0.2, 0.25) is 0 Å². The number of methoxy groups -OCH3 is 1. The van der Waals surface area contributed by atoms with Crippen molar-refractivity contribution in [2.45, 2.75) is 18.9 Å². The van der Waals surface area contributed by atoms with E-state index in [1.165, 1.54) is 4.90 Å². The molecule has 0 radical (unpaired) electrons. The molecule has 35 heavy (non-hydrogen) atoms. The fourth-order valence-electron chi connectivity index (χ4n) is 4.50. The average Bonchev–Trinajstić information content (AvgIpc) is 3.18. The van der Waals surface area contributed by atoms with Gasteiger partial charge < -0.3 is 19.3 Å². The predicted octanol–water partition coefficient (Wildman–Crippen LogP) is 4.57. The molecule has 0 fully saturated rings. The molecule has 1 N–H and O–H groups in total. The molecule has 0 aromatic heterocycles. The lowest BCUT2D eigenvalue weighted by molar-refractivity contribution is -0.118. The van der Waals surface area contributed by atoms with Gasteiger partial charge in [-0.2, -0.15) is 0 Å². The molecule has 2 aliphatic heterocycles. The number of aliphatic hydroxyl groups excluding tert-OH is 1. The number of Topliss-reactive ketones (excluding diaryl/α,β-unsaturated/α-hetero) is 1. The summed E-state index contributed by atoms with van der Waals surface area (Å²) in [5, 5.41) is 10.9. The summed E-state index contributed by atoms with van der Waals surface area (Å²) in [6, 6.07) is 21.1.